The van der Waals surface area contributed by atoms with Crippen molar-refractivity contribution in [2.45, 2.75) is 11.7 Å². The SMILES string of the molecule is O=Cc1cccc(Oc2ccc(CC3SC(=O)NC3=O)cc2)c1. The number of benzene rings is 2. The fraction of sp³-hybridized carbons (Fsp3) is 0.118. The first-order chi connectivity index (χ1) is 11.1. The third kappa shape index (κ3) is 3.78. The molecule has 3 rings (SSSR count). The molecule has 6 heteroatoms. The Kier molecular flexibility index (Phi) is 4.43. The number of carbonyl (C=O) groups excluding carboxylic acids is 3. The molecule has 23 heavy (non-hydrogen) atoms. The molecule has 2 aromatic carbocycles. The second-order valence-corrected chi connectivity index (χ2v) is 6.20. The van der Waals surface area contributed by atoms with Gasteiger partial charge in [0, 0.05) is 5.56 Å². The first kappa shape index (κ1) is 15.3. The van der Waals surface area contributed by atoms with E-state index in [1.54, 1.807) is 36.4 Å². The van der Waals surface area contributed by atoms with Crippen molar-refractivity contribution >= 4 is 29.2 Å². The van der Waals surface area contributed by atoms with Crippen LogP contribution in [0, 0.1) is 0 Å². The summed E-state index contributed by atoms with van der Waals surface area (Å²) < 4.78 is 5.69. The van der Waals surface area contributed by atoms with Crippen molar-refractivity contribution in [1.29, 1.82) is 0 Å². The molecule has 2 amide bonds. The topological polar surface area (TPSA) is 72.5 Å². The van der Waals surface area contributed by atoms with Gasteiger partial charge in [0.1, 0.15) is 17.8 Å². The number of carbonyl (C=O) groups is 3. The van der Waals surface area contributed by atoms with E-state index in [2.05, 4.69) is 5.32 Å². The third-order valence-electron chi connectivity index (χ3n) is 3.34. The van der Waals surface area contributed by atoms with E-state index in [0.717, 1.165) is 23.6 Å². The van der Waals surface area contributed by atoms with Crippen molar-refractivity contribution in [3.63, 3.8) is 0 Å². The van der Waals surface area contributed by atoms with E-state index in [0.29, 0.717) is 23.5 Å². The minimum absolute atomic E-state index is 0.244. The molecular weight excluding hydrogens is 314 g/mol. The zero-order valence-electron chi connectivity index (χ0n) is 12.0. The molecule has 0 aliphatic carbocycles. The van der Waals surface area contributed by atoms with Crippen LogP contribution in [0.5, 0.6) is 11.5 Å². The predicted molar refractivity (Wildman–Crippen MR) is 87.0 cm³/mol. The molecule has 1 aliphatic rings. The van der Waals surface area contributed by atoms with E-state index in [1.165, 1.54) is 0 Å². The fourth-order valence-electron chi connectivity index (χ4n) is 2.22. The van der Waals surface area contributed by atoms with E-state index in [9.17, 15) is 14.4 Å². The maximum absolute atomic E-state index is 11.6. The smallest absolute Gasteiger partial charge is 0.286 e. The van der Waals surface area contributed by atoms with Crippen LogP contribution in [0.1, 0.15) is 15.9 Å². The molecule has 1 N–H and O–H groups in total. The molecule has 0 radical (unpaired) electrons. The van der Waals surface area contributed by atoms with Crippen molar-refractivity contribution in [2.75, 3.05) is 0 Å². The Balaban J connectivity index is 1.66. The summed E-state index contributed by atoms with van der Waals surface area (Å²) >= 11 is 1.02. The van der Waals surface area contributed by atoms with Gasteiger partial charge in [0.2, 0.25) is 5.91 Å². The summed E-state index contributed by atoms with van der Waals surface area (Å²) in [4.78, 5) is 33.5. The molecule has 5 nitrogen and oxygen atoms in total. The standard InChI is InChI=1S/C17H13NO4S/c19-10-12-2-1-3-14(8-12)22-13-6-4-11(5-7-13)9-15-16(20)18-17(21)23-15/h1-8,10,15H,9H2,(H,18,20,21). The average Bonchev–Trinajstić information content (AvgIpc) is 2.87. The maximum atomic E-state index is 11.6. The van der Waals surface area contributed by atoms with E-state index >= 15 is 0 Å². The van der Waals surface area contributed by atoms with Crippen molar-refractivity contribution in [1.82, 2.24) is 5.32 Å². The van der Waals surface area contributed by atoms with Gasteiger partial charge in [0.05, 0.1) is 5.25 Å². The highest BCUT2D eigenvalue weighted by atomic mass is 32.2. The lowest BCUT2D eigenvalue weighted by atomic mass is 10.1. The Morgan fingerprint density at radius 1 is 1.09 bits per heavy atom. The Labute approximate surface area is 137 Å². The molecule has 1 aliphatic heterocycles. The Morgan fingerprint density at radius 2 is 1.87 bits per heavy atom. The van der Waals surface area contributed by atoms with Crippen LogP contribution in [0.2, 0.25) is 0 Å². The van der Waals surface area contributed by atoms with Gasteiger partial charge in [0.25, 0.3) is 5.24 Å². The molecule has 1 unspecified atom stereocenters. The van der Waals surface area contributed by atoms with Crippen LogP contribution in [-0.2, 0) is 11.2 Å². The van der Waals surface area contributed by atoms with Crippen LogP contribution in [0.15, 0.2) is 48.5 Å². The second kappa shape index (κ2) is 6.66. The van der Waals surface area contributed by atoms with Gasteiger partial charge in [-0.1, -0.05) is 36.0 Å². The lowest BCUT2D eigenvalue weighted by Crippen LogP contribution is -2.25. The number of rotatable bonds is 5. The van der Waals surface area contributed by atoms with Crippen molar-refractivity contribution in [3.8, 4) is 11.5 Å². The molecule has 0 bridgehead atoms. The molecule has 1 heterocycles. The highest BCUT2D eigenvalue weighted by Gasteiger charge is 2.31. The first-order valence-electron chi connectivity index (χ1n) is 6.97. The number of imide groups is 1. The Bertz CT molecular complexity index is 757. The van der Waals surface area contributed by atoms with Crippen molar-refractivity contribution < 1.29 is 19.1 Å². The summed E-state index contributed by atoms with van der Waals surface area (Å²) in [5, 5.41) is 1.60. The van der Waals surface area contributed by atoms with Gasteiger partial charge in [0.15, 0.2) is 0 Å². The zero-order valence-corrected chi connectivity index (χ0v) is 12.8. The van der Waals surface area contributed by atoms with Gasteiger partial charge >= 0.3 is 0 Å². The van der Waals surface area contributed by atoms with Gasteiger partial charge in [-0.15, -0.1) is 0 Å². The summed E-state index contributed by atoms with van der Waals surface area (Å²) in [7, 11) is 0. The summed E-state index contributed by atoms with van der Waals surface area (Å²) in [6, 6.07) is 14.2. The van der Waals surface area contributed by atoms with Crippen LogP contribution in [0.3, 0.4) is 0 Å². The molecule has 0 saturated carbocycles. The van der Waals surface area contributed by atoms with E-state index < -0.39 is 0 Å². The van der Waals surface area contributed by atoms with Gasteiger partial charge < -0.3 is 4.74 Å². The average molecular weight is 327 g/mol. The van der Waals surface area contributed by atoms with Gasteiger partial charge in [-0.05, 0) is 36.2 Å². The van der Waals surface area contributed by atoms with Crippen LogP contribution in [0.4, 0.5) is 4.79 Å². The number of thioether (sulfide) groups is 1. The quantitative estimate of drug-likeness (QED) is 0.854. The number of hydrogen-bond donors (Lipinski definition) is 1. The third-order valence-corrected chi connectivity index (χ3v) is 4.32. The largest absolute Gasteiger partial charge is 0.457 e. The number of nitrogens with one attached hydrogen (secondary N) is 1. The Hall–Kier alpha value is -2.60. The molecule has 2 aromatic rings. The number of amides is 2. The van der Waals surface area contributed by atoms with Crippen molar-refractivity contribution in [2.24, 2.45) is 0 Å². The van der Waals surface area contributed by atoms with Crippen LogP contribution in [-0.4, -0.2) is 22.7 Å². The van der Waals surface area contributed by atoms with Crippen LogP contribution in [0.25, 0.3) is 0 Å². The highest BCUT2D eigenvalue weighted by molar-refractivity contribution is 8.15. The monoisotopic (exact) mass is 327 g/mol. The minimum Gasteiger partial charge on any atom is -0.457 e. The van der Waals surface area contributed by atoms with Crippen molar-refractivity contribution in [3.05, 3.63) is 59.7 Å². The minimum atomic E-state index is -0.376. The molecule has 1 fully saturated rings. The first-order valence-corrected chi connectivity index (χ1v) is 7.85. The van der Waals surface area contributed by atoms with E-state index in [4.69, 9.17) is 4.74 Å². The second-order valence-electron chi connectivity index (χ2n) is 5.02. The number of ether oxygens (including phenoxy) is 1. The lowest BCUT2D eigenvalue weighted by molar-refractivity contribution is -0.118. The fourth-order valence-corrected chi connectivity index (χ4v) is 3.08. The van der Waals surface area contributed by atoms with Gasteiger partial charge in [-0.3, -0.25) is 19.7 Å². The zero-order chi connectivity index (χ0) is 16.2. The Morgan fingerprint density at radius 3 is 2.52 bits per heavy atom. The molecular formula is C17H13NO4S. The summed E-state index contributed by atoms with van der Waals surface area (Å²) in [5.41, 5.74) is 1.49. The predicted octanol–water partition coefficient (Wildman–Crippen LogP) is 3.19. The highest BCUT2D eigenvalue weighted by Crippen LogP contribution is 2.26. The van der Waals surface area contributed by atoms with Gasteiger partial charge in [-0.2, -0.15) is 0 Å². The summed E-state index contributed by atoms with van der Waals surface area (Å²) in [5.74, 6) is 0.973. The number of hydrogen-bond acceptors (Lipinski definition) is 5. The molecule has 1 saturated heterocycles. The van der Waals surface area contributed by atoms with Crippen LogP contribution < -0.4 is 10.1 Å². The summed E-state index contributed by atoms with van der Waals surface area (Å²) in [6.45, 7) is 0. The van der Waals surface area contributed by atoms with Crippen LogP contribution >= 0.6 is 11.8 Å². The van der Waals surface area contributed by atoms with Gasteiger partial charge in [-0.25, -0.2) is 0 Å². The summed E-state index contributed by atoms with van der Waals surface area (Å²) in [6.07, 6.45) is 1.25. The lowest BCUT2D eigenvalue weighted by Gasteiger charge is -2.08. The number of aldehydes is 1. The normalized spacial score (nSPS) is 17.0. The molecule has 0 aromatic heterocycles. The molecule has 116 valence electrons. The van der Waals surface area contributed by atoms with E-state index in [1.807, 2.05) is 12.1 Å². The van der Waals surface area contributed by atoms with E-state index in [-0.39, 0.29) is 16.4 Å². The molecule has 0 spiro atoms. The molecule has 1 atom stereocenters. The maximum Gasteiger partial charge on any atom is 0.286 e.